The molecule has 1 fully saturated rings. The van der Waals surface area contributed by atoms with Gasteiger partial charge in [-0.1, -0.05) is 12.1 Å². The number of benzene rings is 1. The Hall–Kier alpha value is -1.13. The highest BCUT2D eigenvalue weighted by atomic mass is 127. The van der Waals surface area contributed by atoms with E-state index in [1.165, 1.54) is 6.07 Å². The summed E-state index contributed by atoms with van der Waals surface area (Å²) in [6, 6.07) is 6.44. The summed E-state index contributed by atoms with van der Waals surface area (Å²) >= 11 is 0. The highest BCUT2D eigenvalue weighted by Crippen LogP contribution is 2.16. The molecule has 0 aromatic heterocycles. The van der Waals surface area contributed by atoms with E-state index in [9.17, 15) is 4.39 Å². The number of hydrogen-bond donors (Lipinski definition) is 2. The van der Waals surface area contributed by atoms with E-state index >= 15 is 0 Å². The predicted molar refractivity (Wildman–Crippen MR) is 122 cm³/mol. The van der Waals surface area contributed by atoms with Crippen molar-refractivity contribution in [2.75, 3.05) is 52.5 Å². The van der Waals surface area contributed by atoms with Gasteiger partial charge in [-0.2, -0.15) is 0 Å². The zero-order valence-corrected chi connectivity index (χ0v) is 19.3. The number of nitrogens with zero attached hydrogens (tertiary/aromatic N) is 2. The van der Waals surface area contributed by atoms with Gasteiger partial charge in [0.05, 0.1) is 19.8 Å². The second-order valence-corrected chi connectivity index (χ2v) is 6.67. The Morgan fingerprint density at radius 3 is 2.71 bits per heavy atom. The molecule has 1 atom stereocenters. The maximum atomic E-state index is 13.6. The summed E-state index contributed by atoms with van der Waals surface area (Å²) in [4.78, 5) is 7.00. The summed E-state index contributed by atoms with van der Waals surface area (Å²) < 4.78 is 24.6. The van der Waals surface area contributed by atoms with Crippen LogP contribution in [0.2, 0.25) is 0 Å². The lowest BCUT2D eigenvalue weighted by atomic mass is 10.2. The van der Waals surface area contributed by atoms with Crippen molar-refractivity contribution in [3.05, 3.63) is 30.1 Å². The molecule has 2 N–H and O–H groups in total. The normalized spacial score (nSPS) is 16.2. The molecule has 0 amide bonds. The number of nitrogens with one attached hydrogen (secondary N) is 2. The Labute approximate surface area is 185 Å². The van der Waals surface area contributed by atoms with Crippen molar-refractivity contribution in [1.82, 2.24) is 15.5 Å². The van der Waals surface area contributed by atoms with Crippen molar-refractivity contribution in [3.63, 3.8) is 0 Å². The zero-order valence-electron chi connectivity index (χ0n) is 17.0. The van der Waals surface area contributed by atoms with Crippen LogP contribution in [0, 0.1) is 5.82 Å². The first kappa shape index (κ1) is 24.9. The molecule has 0 saturated carbocycles. The van der Waals surface area contributed by atoms with E-state index in [1.807, 2.05) is 13.8 Å². The average molecular weight is 508 g/mol. The topological polar surface area (TPSA) is 58.1 Å². The smallest absolute Gasteiger partial charge is 0.191 e. The van der Waals surface area contributed by atoms with Gasteiger partial charge in [0.2, 0.25) is 0 Å². The monoisotopic (exact) mass is 508 g/mol. The summed E-state index contributed by atoms with van der Waals surface area (Å²) in [5.74, 6) is 0.688. The van der Waals surface area contributed by atoms with Crippen molar-refractivity contribution in [2.45, 2.75) is 32.8 Å². The maximum Gasteiger partial charge on any atom is 0.191 e. The van der Waals surface area contributed by atoms with Crippen molar-refractivity contribution in [1.29, 1.82) is 0 Å². The van der Waals surface area contributed by atoms with Crippen LogP contribution < -0.4 is 15.4 Å². The molecular formula is C20H34FIN4O2. The third-order valence-corrected chi connectivity index (χ3v) is 4.31. The quantitative estimate of drug-likeness (QED) is 0.220. The Morgan fingerprint density at radius 2 is 2.00 bits per heavy atom. The van der Waals surface area contributed by atoms with E-state index in [-0.39, 0.29) is 41.6 Å². The van der Waals surface area contributed by atoms with Crippen LogP contribution in [0.1, 0.15) is 26.7 Å². The fourth-order valence-corrected chi connectivity index (χ4v) is 2.85. The minimum absolute atomic E-state index is 0. The summed E-state index contributed by atoms with van der Waals surface area (Å²) in [5.41, 5.74) is 0. The summed E-state index contributed by atoms with van der Waals surface area (Å²) in [7, 11) is 0. The van der Waals surface area contributed by atoms with Crippen molar-refractivity contribution < 1.29 is 13.9 Å². The highest BCUT2D eigenvalue weighted by molar-refractivity contribution is 14.0. The summed E-state index contributed by atoms with van der Waals surface area (Å²) in [6.07, 6.45) is 2.03. The Balaban J connectivity index is 0.00000392. The summed E-state index contributed by atoms with van der Waals surface area (Å²) in [5, 5.41) is 6.59. The first-order valence-electron chi connectivity index (χ1n) is 9.92. The number of unbranched alkanes of at least 4 members (excludes halogenated alkanes) is 1. The van der Waals surface area contributed by atoms with Gasteiger partial charge in [0.1, 0.15) is 6.10 Å². The molecule has 1 saturated heterocycles. The van der Waals surface area contributed by atoms with Crippen molar-refractivity contribution in [2.24, 2.45) is 4.99 Å². The SMILES string of the molecule is CCNC(=NCC(C)Oc1ccccc1F)NCCCCN1CCOCC1.I. The standard InChI is InChI=1S/C20H33FN4O2.HI/c1-3-22-20(23-10-6-7-11-25-12-14-26-15-13-25)24-16-17(2)27-19-9-5-4-8-18(19)21;/h4-5,8-9,17H,3,6-7,10-16H2,1-2H3,(H2,22,23,24);1H. The summed E-state index contributed by atoms with van der Waals surface area (Å²) in [6.45, 7) is 10.9. The Morgan fingerprint density at radius 1 is 1.25 bits per heavy atom. The van der Waals surface area contributed by atoms with E-state index in [4.69, 9.17) is 9.47 Å². The molecule has 1 aromatic carbocycles. The van der Waals surface area contributed by atoms with Crippen LogP contribution in [0.4, 0.5) is 4.39 Å². The van der Waals surface area contributed by atoms with Gasteiger partial charge in [0, 0.05) is 26.2 Å². The van der Waals surface area contributed by atoms with Crippen LogP contribution in [0.15, 0.2) is 29.3 Å². The number of aliphatic imine (C=N–C) groups is 1. The van der Waals surface area contributed by atoms with Gasteiger partial charge in [-0.25, -0.2) is 9.38 Å². The Bertz CT molecular complexity index is 571. The minimum atomic E-state index is -0.348. The second kappa shape index (κ2) is 14.8. The van der Waals surface area contributed by atoms with Crippen LogP contribution in [-0.2, 0) is 4.74 Å². The average Bonchev–Trinajstić information content (AvgIpc) is 2.68. The second-order valence-electron chi connectivity index (χ2n) is 6.67. The molecule has 160 valence electrons. The lowest BCUT2D eigenvalue weighted by Crippen LogP contribution is -2.39. The van der Waals surface area contributed by atoms with Crippen LogP contribution in [-0.4, -0.2) is 69.4 Å². The van der Waals surface area contributed by atoms with Gasteiger partial charge in [-0.15, -0.1) is 24.0 Å². The number of rotatable bonds is 10. The molecule has 0 bridgehead atoms. The third kappa shape index (κ3) is 9.88. The van der Waals surface area contributed by atoms with Crippen LogP contribution in [0.3, 0.4) is 0 Å². The van der Waals surface area contributed by atoms with Gasteiger partial charge in [0.15, 0.2) is 17.5 Å². The fourth-order valence-electron chi connectivity index (χ4n) is 2.85. The number of morpholine rings is 1. The first-order chi connectivity index (χ1) is 13.2. The largest absolute Gasteiger partial charge is 0.486 e. The van der Waals surface area contributed by atoms with E-state index < -0.39 is 0 Å². The number of guanidine groups is 1. The van der Waals surface area contributed by atoms with E-state index in [0.29, 0.717) is 6.54 Å². The molecule has 0 aliphatic carbocycles. The van der Waals surface area contributed by atoms with E-state index in [2.05, 4.69) is 20.5 Å². The molecule has 0 radical (unpaired) electrons. The highest BCUT2D eigenvalue weighted by Gasteiger charge is 2.10. The number of hydrogen-bond acceptors (Lipinski definition) is 4. The first-order valence-corrected chi connectivity index (χ1v) is 9.92. The van der Waals surface area contributed by atoms with E-state index in [0.717, 1.165) is 64.7 Å². The van der Waals surface area contributed by atoms with Crippen LogP contribution in [0.25, 0.3) is 0 Å². The minimum Gasteiger partial charge on any atom is -0.486 e. The van der Waals surface area contributed by atoms with Gasteiger partial charge < -0.3 is 20.1 Å². The lowest BCUT2D eigenvalue weighted by molar-refractivity contribution is 0.0372. The lowest BCUT2D eigenvalue weighted by Gasteiger charge is -2.26. The molecular weight excluding hydrogens is 474 g/mol. The van der Waals surface area contributed by atoms with Gasteiger partial charge in [-0.3, -0.25) is 4.90 Å². The zero-order chi connectivity index (χ0) is 19.3. The van der Waals surface area contributed by atoms with E-state index in [1.54, 1.807) is 18.2 Å². The molecule has 1 aliphatic heterocycles. The molecule has 0 spiro atoms. The molecule has 6 nitrogen and oxygen atoms in total. The molecule has 1 heterocycles. The molecule has 1 unspecified atom stereocenters. The number of ether oxygens (including phenoxy) is 2. The maximum absolute atomic E-state index is 13.6. The molecule has 28 heavy (non-hydrogen) atoms. The number of halogens is 2. The number of para-hydroxylation sites is 1. The van der Waals surface area contributed by atoms with Crippen LogP contribution >= 0.6 is 24.0 Å². The third-order valence-electron chi connectivity index (χ3n) is 4.31. The molecule has 1 aliphatic rings. The van der Waals surface area contributed by atoms with Gasteiger partial charge >= 0.3 is 0 Å². The Kier molecular flexibility index (Phi) is 13.2. The van der Waals surface area contributed by atoms with Crippen molar-refractivity contribution >= 4 is 29.9 Å². The van der Waals surface area contributed by atoms with Gasteiger partial charge in [0.25, 0.3) is 0 Å². The predicted octanol–water partition coefficient (Wildman–Crippen LogP) is 2.88. The molecule has 8 heteroatoms. The van der Waals surface area contributed by atoms with Gasteiger partial charge in [-0.05, 0) is 45.4 Å². The molecule has 2 rings (SSSR count). The van der Waals surface area contributed by atoms with Crippen molar-refractivity contribution in [3.8, 4) is 5.75 Å². The fraction of sp³-hybridized carbons (Fsp3) is 0.650. The molecule has 1 aromatic rings. The van der Waals surface area contributed by atoms with Crippen LogP contribution in [0.5, 0.6) is 5.75 Å².